The van der Waals surface area contributed by atoms with Crippen molar-refractivity contribution >= 4 is 22.6 Å². The highest BCUT2D eigenvalue weighted by molar-refractivity contribution is 5.91. The van der Waals surface area contributed by atoms with E-state index in [-0.39, 0.29) is 18.0 Å². The van der Waals surface area contributed by atoms with Crippen molar-refractivity contribution < 1.29 is 4.79 Å². The molecule has 0 aliphatic rings. The van der Waals surface area contributed by atoms with Gasteiger partial charge in [-0.1, -0.05) is 37.3 Å². The molecule has 2 aromatic heterocycles. The van der Waals surface area contributed by atoms with Crippen LogP contribution in [0.2, 0.25) is 0 Å². The number of anilines is 1. The molecule has 0 aliphatic carbocycles. The van der Waals surface area contributed by atoms with E-state index in [1.165, 1.54) is 10.2 Å². The second-order valence-corrected chi connectivity index (χ2v) is 6.48. The maximum Gasteiger partial charge on any atom is 0.280 e. The van der Waals surface area contributed by atoms with Gasteiger partial charge in [0.05, 0.1) is 11.1 Å². The van der Waals surface area contributed by atoms with Crippen LogP contribution in [0.3, 0.4) is 0 Å². The largest absolute Gasteiger partial charge is 0.324 e. The highest BCUT2D eigenvalue weighted by Gasteiger charge is 2.17. The number of nitrogens with one attached hydrogen (secondary N) is 1. The predicted octanol–water partition coefficient (Wildman–Crippen LogP) is 3.39. The molecule has 0 spiro atoms. The lowest BCUT2D eigenvalue weighted by molar-refractivity contribution is -0.116. The summed E-state index contributed by atoms with van der Waals surface area (Å²) in [5.41, 5.74) is 2.88. The molecule has 0 bridgehead atoms. The Bertz CT molecular complexity index is 1170. The lowest BCUT2D eigenvalue weighted by Crippen LogP contribution is -2.27. The molecule has 0 fully saturated rings. The lowest BCUT2D eigenvalue weighted by Gasteiger charge is -2.13. The summed E-state index contributed by atoms with van der Waals surface area (Å²) in [5, 5.41) is 3.34. The molecule has 0 saturated carbocycles. The number of rotatable bonds is 5. The van der Waals surface area contributed by atoms with Crippen molar-refractivity contribution in [2.75, 3.05) is 5.32 Å². The van der Waals surface area contributed by atoms with Gasteiger partial charge in [0.15, 0.2) is 5.65 Å². The third-order valence-corrected chi connectivity index (χ3v) is 4.64. The van der Waals surface area contributed by atoms with E-state index in [2.05, 4.69) is 17.2 Å². The van der Waals surface area contributed by atoms with Crippen molar-refractivity contribution in [3.63, 3.8) is 0 Å². The normalized spacial score (nSPS) is 10.9. The van der Waals surface area contributed by atoms with E-state index >= 15 is 0 Å². The molecule has 2 aromatic carbocycles. The molecule has 140 valence electrons. The van der Waals surface area contributed by atoms with E-state index in [0.717, 1.165) is 6.42 Å². The fourth-order valence-electron chi connectivity index (χ4n) is 3.22. The molecule has 0 aliphatic heterocycles. The van der Waals surface area contributed by atoms with E-state index in [0.29, 0.717) is 22.4 Å². The lowest BCUT2D eigenvalue weighted by atomic mass is 10.1. The molecule has 1 N–H and O–H groups in total. The Labute approximate surface area is 162 Å². The minimum atomic E-state index is -0.229. The van der Waals surface area contributed by atoms with Gasteiger partial charge in [0.2, 0.25) is 5.91 Å². The maximum atomic E-state index is 13.0. The van der Waals surface area contributed by atoms with Crippen LogP contribution in [0.15, 0.2) is 77.7 Å². The zero-order valence-electron chi connectivity index (χ0n) is 15.5. The van der Waals surface area contributed by atoms with Crippen LogP contribution in [-0.2, 0) is 17.8 Å². The number of aromatic nitrogens is 3. The molecule has 2 heterocycles. The number of amides is 1. The summed E-state index contributed by atoms with van der Waals surface area (Å²) >= 11 is 0. The smallest absolute Gasteiger partial charge is 0.280 e. The van der Waals surface area contributed by atoms with Crippen molar-refractivity contribution in [1.29, 1.82) is 0 Å². The molecular formula is C22H20N4O2. The van der Waals surface area contributed by atoms with Crippen molar-refractivity contribution in [3.8, 4) is 5.69 Å². The van der Waals surface area contributed by atoms with Crippen molar-refractivity contribution in [3.05, 3.63) is 88.8 Å². The van der Waals surface area contributed by atoms with Gasteiger partial charge in [0, 0.05) is 11.9 Å². The quantitative estimate of drug-likeness (QED) is 0.584. The van der Waals surface area contributed by atoms with Crippen LogP contribution < -0.4 is 10.9 Å². The number of pyridine rings is 1. The average molecular weight is 372 g/mol. The first-order valence-electron chi connectivity index (χ1n) is 9.18. The molecule has 0 saturated heterocycles. The fourth-order valence-corrected chi connectivity index (χ4v) is 3.22. The van der Waals surface area contributed by atoms with Crippen LogP contribution in [0.1, 0.15) is 12.5 Å². The second-order valence-electron chi connectivity index (χ2n) is 6.48. The Morgan fingerprint density at radius 1 is 1.00 bits per heavy atom. The number of hydrogen-bond donors (Lipinski definition) is 1. The highest BCUT2D eigenvalue weighted by atomic mass is 16.2. The highest BCUT2D eigenvalue weighted by Crippen LogP contribution is 2.15. The number of nitrogens with zero attached hydrogens (tertiary/aromatic N) is 3. The molecule has 0 atom stereocenters. The summed E-state index contributed by atoms with van der Waals surface area (Å²) < 4.78 is 3.14. The van der Waals surface area contributed by atoms with Gasteiger partial charge < -0.3 is 5.32 Å². The van der Waals surface area contributed by atoms with Gasteiger partial charge >= 0.3 is 0 Å². The summed E-state index contributed by atoms with van der Waals surface area (Å²) in [6.07, 6.45) is 2.54. The Morgan fingerprint density at radius 3 is 2.46 bits per heavy atom. The van der Waals surface area contributed by atoms with Gasteiger partial charge in [0.1, 0.15) is 6.54 Å². The second kappa shape index (κ2) is 7.52. The van der Waals surface area contributed by atoms with Gasteiger partial charge in [-0.2, -0.15) is 0 Å². The summed E-state index contributed by atoms with van der Waals surface area (Å²) in [5.74, 6) is -0.229. The first-order chi connectivity index (χ1) is 13.7. The fraction of sp³-hybridized carbons (Fsp3) is 0.136. The van der Waals surface area contributed by atoms with Gasteiger partial charge in [-0.25, -0.2) is 9.67 Å². The zero-order chi connectivity index (χ0) is 19.5. The number of carbonyl (C=O) groups is 1. The Kier molecular flexibility index (Phi) is 4.76. The monoisotopic (exact) mass is 372 g/mol. The third kappa shape index (κ3) is 3.32. The summed E-state index contributed by atoms with van der Waals surface area (Å²) in [6.45, 7) is 2.05. The van der Waals surface area contributed by atoms with Crippen molar-refractivity contribution in [2.24, 2.45) is 0 Å². The topological polar surface area (TPSA) is 68.9 Å². The first kappa shape index (κ1) is 17.7. The number of carbonyl (C=O) groups excluding carboxylic acids is 1. The van der Waals surface area contributed by atoms with Crippen LogP contribution in [0.25, 0.3) is 16.7 Å². The third-order valence-electron chi connectivity index (χ3n) is 4.64. The first-order valence-corrected chi connectivity index (χ1v) is 9.18. The molecule has 6 nitrogen and oxygen atoms in total. The number of fused-ring (bicyclic) bond motifs is 1. The SMILES string of the molecule is CCc1ccc(-n2c(=O)c3cccnc3n2CC(=O)Nc2ccccc2)cc1. The van der Waals surface area contributed by atoms with E-state index in [1.54, 1.807) is 23.0 Å². The molecule has 1 amide bonds. The average Bonchev–Trinajstić information content (AvgIpc) is 3.01. The van der Waals surface area contributed by atoms with Crippen LogP contribution in [0.5, 0.6) is 0 Å². The summed E-state index contributed by atoms with van der Waals surface area (Å²) in [6, 6.07) is 20.5. The zero-order valence-corrected chi connectivity index (χ0v) is 15.5. The van der Waals surface area contributed by atoms with Gasteiger partial charge in [-0.05, 0) is 48.4 Å². The summed E-state index contributed by atoms with van der Waals surface area (Å²) in [4.78, 5) is 30.0. The molecule has 4 rings (SSSR count). The van der Waals surface area contributed by atoms with E-state index in [9.17, 15) is 9.59 Å². The Hall–Kier alpha value is -3.67. The van der Waals surface area contributed by atoms with Crippen LogP contribution in [0.4, 0.5) is 5.69 Å². The Balaban J connectivity index is 1.77. The number of benzene rings is 2. The molecule has 4 aromatic rings. The summed E-state index contributed by atoms with van der Waals surface area (Å²) in [7, 11) is 0. The molecular weight excluding hydrogens is 352 g/mol. The maximum absolute atomic E-state index is 13.0. The van der Waals surface area contributed by atoms with E-state index in [4.69, 9.17) is 0 Å². The molecule has 0 unspecified atom stereocenters. The number of para-hydroxylation sites is 1. The van der Waals surface area contributed by atoms with Crippen LogP contribution >= 0.6 is 0 Å². The minimum Gasteiger partial charge on any atom is -0.324 e. The number of hydrogen-bond acceptors (Lipinski definition) is 3. The van der Waals surface area contributed by atoms with E-state index in [1.807, 2.05) is 54.6 Å². The van der Waals surface area contributed by atoms with Gasteiger partial charge in [-0.15, -0.1) is 0 Å². The van der Waals surface area contributed by atoms with Crippen LogP contribution in [0, 0.1) is 0 Å². The standard InChI is InChI=1S/C22H20N4O2/c1-2-16-10-12-18(13-11-16)26-22(28)19-9-6-14-23-21(19)25(26)15-20(27)24-17-7-4-3-5-8-17/h3-14H,2,15H2,1H3,(H,24,27). The van der Waals surface area contributed by atoms with E-state index < -0.39 is 0 Å². The van der Waals surface area contributed by atoms with Crippen molar-refractivity contribution in [1.82, 2.24) is 14.3 Å². The number of aryl methyl sites for hydroxylation is 1. The van der Waals surface area contributed by atoms with Crippen molar-refractivity contribution in [2.45, 2.75) is 19.9 Å². The predicted molar refractivity (Wildman–Crippen MR) is 110 cm³/mol. The molecule has 6 heteroatoms. The molecule has 28 heavy (non-hydrogen) atoms. The van der Waals surface area contributed by atoms with Gasteiger partial charge in [-0.3, -0.25) is 14.3 Å². The molecule has 0 radical (unpaired) electrons. The van der Waals surface area contributed by atoms with Gasteiger partial charge in [0.25, 0.3) is 5.56 Å². The minimum absolute atomic E-state index is 0.0276. The Morgan fingerprint density at radius 2 is 1.75 bits per heavy atom. The van der Waals surface area contributed by atoms with Crippen LogP contribution in [-0.4, -0.2) is 20.3 Å².